The van der Waals surface area contributed by atoms with Gasteiger partial charge in [-0.05, 0) is 72.6 Å². The van der Waals surface area contributed by atoms with Gasteiger partial charge in [-0.3, -0.25) is 19.9 Å². The highest BCUT2D eigenvalue weighted by atomic mass is 79.9. The zero-order chi connectivity index (χ0) is 21.8. The molecule has 0 radical (unpaired) electrons. The second-order valence-corrected chi connectivity index (χ2v) is 7.45. The van der Waals surface area contributed by atoms with Gasteiger partial charge in [0.1, 0.15) is 5.57 Å². The first-order valence-corrected chi connectivity index (χ1v) is 10.1. The third kappa shape index (κ3) is 4.51. The van der Waals surface area contributed by atoms with Crippen LogP contribution in [0.3, 0.4) is 0 Å². The van der Waals surface area contributed by atoms with Gasteiger partial charge in [0, 0.05) is 6.20 Å². The van der Waals surface area contributed by atoms with Crippen LogP contribution in [0.2, 0.25) is 0 Å². The number of rotatable bonds is 6. The van der Waals surface area contributed by atoms with Crippen LogP contribution in [0.1, 0.15) is 26.3 Å². The molecule has 0 aliphatic carbocycles. The minimum Gasteiger partial charge on any atom is -0.490 e. The number of imide groups is 2. The predicted octanol–water partition coefficient (Wildman–Crippen LogP) is 3.70. The van der Waals surface area contributed by atoms with Gasteiger partial charge >= 0.3 is 6.03 Å². The van der Waals surface area contributed by atoms with Gasteiger partial charge in [0.15, 0.2) is 11.5 Å². The Balaban J connectivity index is 2.03. The summed E-state index contributed by atoms with van der Waals surface area (Å²) in [5, 5.41) is 2.18. The van der Waals surface area contributed by atoms with Crippen LogP contribution >= 0.6 is 15.9 Å². The summed E-state index contributed by atoms with van der Waals surface area (Å²) in [7, 11) is 0. The van der Waals surface area contributed by atoms with Crippen molar-refractivity contribution in [3.8, 4) is 11.5 Å². The number of halogens is 1. The Kier molecular flexibility index (Phi) is 6.51. The minimum absolute atomic E-state index is 0.0746. The molecule has 0 unspecified atom stereocenters. The average Bonchev–Trinajstić information content (AvgIpc) is 2.68. The second-order valence-electron chi connectivity index (χ2n) is 6.60. The Hall–Kier alpha value is -3.20. The smallest absolute Gasteiger partial charge is 0.336 e. The van der Waals surface area contributed by atoms with E-state index in [0.717, 1.165) is 4.90 Å². The van der Waals surface area contributed by atoms with Gasteiger partial charge in [-0.15, -0.1) is 0 Å². The molecule has 2 heterocycles. The molecule has 0 bridgehead atoms. The van der Waals surface area contributed by atoms with E-state index in [4.69, 9.17) is 9.47 Å². The summed E-state index contributed by atoms with van der Waals surface area (Å²) in [6.45, 7) is 6.04. The largest absolute Gasteiger partial charge is 0.490 e. The molecule has 1 aromatic carbocycles. The molecule has 2 aromatic rings. The quantitative estimate of drug-likeness (QED) is 0.507. The van der Waals surface area contributed by atoms with Crippen LogP contribution in [-0.4, -0.2) is 35.5 Å². The third-order valence-electron chi connectivity index (χ3n) is 4.00. The Morgan fingerprint density at radius 3 is 2.67 bits per heavy atom. The number of urea groups is 1. The molecule has 1 aliphatic heterocycles. The first kappa shape index (κ1) is 21.5. The third-order valence-corrected chi connectivity index (χ3v) is 4.59. The maximum Gasteiger partial charge on any atom is 0.336 e. The molecule has 1 saturated heterocycles. The monoisotopic (exact) mass is 473 g/mol. The summed E-state index contributed by atoms with van der Waals surface area (Å²) in [6.07, 6.45) is 4.22. The molecule has 30 heavy (non-hydrogen) atoms. The summed E-state index contributed by atoms with van der Waals surface area (Å²) < 4.78 is 12.1. The molecule has 156 valence electrons. The summed E-state index contributed by atoms with van der Waals surface area (Å²) in [5.74, 6) is -0.521. The number of pyridine rings is 1. The van der Waals surface area contributed by atoms with Gasteiger partial charge in [0.2, 0.25) is 0 Å². The highest BCUT2D eigenvalue weighted by molar-refractivity contribution is 9.10. The number of barbiturate groups is 1. The maximum atomic E-state index is 12.9. The van der Waals surface area contributed by atoms with Crippen LogP contribution in [0.25, 0.3) is 6.08 Å². The number of ether oxygens (including phenoxy) is 2. The number of aromatic nitrogens is 1. The number of nitrogens with zero attached hydrogens (tertiary/aromatic N) is 2. The van der Waals surface area contributed by atoms with Gasteiger partial charge in [-0.1, -0.05) is 0 Å². The number of hydrogen-bond donors (Lipinski definition) is 1. The van der Waals surface area contributed by atoms with Crippen LogP contribution in [0.15, 0.2) is 46.7 Å². The zero-order valence-electron chi connectivity index (χ0n) is 16.6. The number of anilines is 1. The fourth-order valence-electron chi connectivity index (χ4n) is 2.83. The lowest BCUT2D eigenvalue weighted by atomic mass is 10.1. The molecule has 0 saturated carbocycles. The molecule has 1 fully saturated rings. The van der Waals surface area contributed by atoms with E-state index in [0.29, 0.717) is 28.1 Å². The number of nitrogens with one attached hydrogen (secondary N) is 1. The molecule has 3 rings (SSSR count). The Morgan fingerprint density at radius 1 is 1.27 bits per heavy atom. The molecule has 1 aliphatic rings. The summed E-state index contributed by atoms with van der Waals surface area (Å²) in [5.41, 5.74) is 0.598. The number of carbonyl (C=O) groups excluding carboxylic acids is 3. The Labute approximate surface area is 182 Å². The Bertz CT molecular complexity index is 1020. The minimum atomic E-state index is -0.827. The van der Waals surface area contributed by atoms with Crippen LogP contribution in [0.4, 0.5) is 10.5 Å². The van der Waals surface area contributed by atoms with Crippen molar-refractivity contribution in [1.82, 2.24) is 10.3 Å². The molecule has 0 atom stereocenters. The SMILES string of the molecule is CCOc1cc(/C=C2\C(=O)NC(=O)N(c3cccnc3)C2=O)cc(Br)c1OC(C)C. The lowest BCUT2D eigenvalue weighted by Crippen LogP contribution is -2.54. The van der Waals surface area contributed by atoms with Crippen molar-refractivity contribution >= 4 is 45.5 Å². The van der Waals surface area contributed by atoms with E-state index >= 15 is 0 Å². The number of amides is 4. The lowest BCUT2D eigenvalue weighted by molar-refractivity contribution is -0.122. The van der Waals surface area contributed by atoms with Crippen molar-refractivity contribution in [3.63, 3.8) is 0 Å². The highest BCUT2D eigenvalue weighted by Gasteiger charge is 2.37. The molecular weight excluding hydrogens is 454 g/mol. The van der Waals surface area contributed by atoms with Gasteiger partial charge in [0.05, 0.1) is 29.1 Å². The molecular formula is C21H20BrN3O5. The van der Waals surface area contributed by atoms with E-state index in [1.165, 1.54) is 18.5 Å². The fraction of sp³-hybridized carbons (Fsp3) is 0.238. The van der Waals surface area contributed by atoms with Crippen molar-refractivity contribution < 1.29 is 23.9 Å². The molecule has 1 aromatic heterocycles. The normalized spacial score (nSPS) is 15.6. The highest BCUT2D eigenvalue weighted by Crippen LogP contribution is 2.38. The van der Waals surface area contributed by atoms with Crippen molar-refractivity contribution in [3.05, 3.63) is 52.3 Å². The van der Waals surface area contributed by atoms with Gasteiger partial charge in [-0.25, -0.2) is 9.69 Å². The summed E-state index contributed by atoms with van der Waals surface area (Å²) in [4.78, 5) is 42.3. The number of carbonyl (C=O) groups is 3. The lowest BCUT2D eigenvalue weighted by Gasteiger charge is -2.26. The second kappa shape index (κ2) is 9.08. The van der Waals surface area contributed by atoms with E-state index in [2.05, 4.69) is 26.2 Å². The standard InChI is InChI=1S/C21H20BrN3O5/c1-4-29-17-10-13(9-16(22)18(17)30-12(2)3)8-15-19(26)24-21(28)25(20(15)27)14-6-5-7-23-11-14/h5-12H,4H2,1-3H3,(H,24,26,28)/b15-8+. The maximum absolute atomic E-state index is 12.9. The Morgan fingerprint density at radius 2 is 2.03 bits per heavy atom. The summed E-state index contributed by atoms with van der Waals surface area (Å²) >= 11 is 3.46. The molecule has 0 spiro atoms. The predicted molar refractivity (Wildman–Crippen MR) is 114 cm³/mol. The van der Waals surface area contributed by atoms with E-state index in [1.54, 1.807) is 24.3 Å². The zero-order valence-corrected chi connectivity index (χ0v) is 18.2. The fourth-order valence-corrected chi connectivity index (χ4v) is 3.38. The molecule has 4 amide bonds. The first-order valence-electron chi connectivity index (χ1n) is 9.26. The first-order chi connectivity index (χ1) is 14.3. The average molecular weight is 474 g/mol. The van der Waals surface area contributed by atoms with Crippen molar-refractivity contribution in [1.29, 1.82) is 0 Å². The van der Waals surface area contributed by atoms with E-state index in [1.807, 2.05) is 20.8 Å². The molecule has 1 N–H and O–H groups in total. The number of benzene rings is 1. The van der Waals surface area contributed by atoms with Crippen LogP contribution < -0.4 is 19.7 Å². The summed E-state index contributed by atoms with van der Waals surface area (Å²) in [6, 6.07) is 5.70. The van der Waals surface area contributed by atoms with Gasteiger partial charge in [-0.2, -0.15) is 0 Å². The molecule has 8 nitrogen and oxygen atoms in total. The van der Waals surface area contributed by atoms with Crippen LogP contribution in [0.5, 0.6) is 11.5 Å². The van der Waals surface area contributed by atoms with Crippen LogP contribution in [-0.2, 0) is 9.59 Å². The number of hydrogen-bond acceptors (Lipinski definition) is 6. The van der Waals surface area contributed by atoms with Crippen molar-refractivity contribution in [2.75, 3.05) is 11.5 Å². The molecule has 9 heteroatoms. The topological polar surface area (TPSA) is 97.8 Å². The van der Waals surface area contributed by atoms with E-state index in [9.17, 15) is 14.4 Å². The van der Waals surface area contributed by atoms with Gasteiger partial charge < -0.3 is 9.47 Å². The van der Waals surface area contributed by atoms with E-state index in [-0.39, 0.29) is 17.4 Å². The van der Waals surface area contributed by atoms with Gasteiger partial charge in [0.25, 0.3) is 11.8 Å². The van der Waals surface area contributed by atoms with Crippen LogP contribution in [0, 0.1) is 0 Å². The van der Waals surface area contributed by atoms with E-state index < -0.39 is 17.8 Å². The van der Waals surface area contributed by atoms with Crippen molar-refractivity contribution in [2.24, 2.45) is 0 Å². The van der Waals surface area contributed by atoms with Crippen molar-refractivity contribution in [2.45, 2.75) is 26.9 Å².